The summed E-state index contributed by atoms with van der Waals surface area (Å²) in [4.78, 5) is 9.16. The fourth-order valence-electron chi connectivity index (χ4n) is 3.97. The molecule has 28 heavy (non-hydrogen) atoms. The van der Waals surface area contributed by atoms with E-state index in [2.05, 4.69) is 53.4 Å². The summed E-state index contributed by atoms with van der Waals surface area (Å²) in [6, 6.07) is 4.60. The SMILES string of the molecule is CCC(CC)C(CNC(=NC)NCC(c1ccco1)N(C)C)N1CCOCC1. The second-order valence-corrected chi connectivity index (χ2v) is 7.62. The highest BCUT2D eigenvalue weighted by molar-refractivity contribution is 5.79. The molecule has 0 amide bonds. The van der Waals surface area contributed by atoms with Crippen molar-refractivity contribution in [1.29, 1.82) is 0 Å². The van der Waals surface area contributed by atoms with E-state index in [0.29, 0.717) is 12.0 Å². The monoisotopic (exact) mass is 393 g/mol. The highest BCUT2D eigenvalue weighted by atomic mass is 16.5. The van der Waals surface area contributed by atoms with Gasteiger partial charge in [-0.2, -0.15) is 0 Å². The van der Waals surface area contributed by atoms with Crippen molar-refractivity contribution in [1.82, 2.24) is 20.4 Å². The van der Waals surface area contributed by atoms with Crippen LogP contribution in [0.3, 0.4) is 0 Å². The number of ether oxygens (including phenoxy) is 1. The highest BCUT2D eigenvalue weighted by Gasteiger charge is 2.27. The molecule has 1 fully saturated rings. The molecular formula is C21H39N5O2. The van der Waals surface area contributed by atoms with Gasteiger partial charge in [-0.05, 0) is 32.1 Å². The van der Waals surface area contributed by atoms with Crippen LogP contribution in [-0.2, 0) is 4.74 Å². The van der Waals surface area contributed by atoms with Crippen LogP contribution in [-0.4, -0.2) is 82.3 Å². The molecule has 0 spiro atoms. The van der Waals surface area contributed by atoms with Gasteiger partial charge in [-0.3, -0.25) is 14.8 Å². The first-order chi connectivity index (χ1) is 13.6. The van der Waals surface area contributed by atoms with Crippen molar-refractivity contribution in [2.75, 3.05) is 60.5 Å². The first-order valence-electron chi connectivity index (χ1n) is 10.6. The molecular weight excluding hydrogens is 354 g/mol. The fourth-order valence-corrected chi connectivity index (χ4v) is 3.97. The van der Waals surface area contributed by atoms with Crippen LogP contribution < -0.4 is 10.6 Å². The summed E-state index contributed by atoms with van der Waals surface area (Å²) in [7, 11) is 5.95. The summed E-state index contributed by atoms with van der Waals surface area (Å²) in [5.41, 5.74) is 0. The molecule has 1 saturated heterocycles. The van der Waals surface area contributed by atoms with Gasteiger partial charge in [0.2, 0.25) is 0 Å². The minimum atomic E-state index is 0.155. The Labute approximate surface area is 170 Å². The van der Waals surface area contributed by atoms with Crippen LogP contribution >= 0.6 is 0 Å². The second-order valence-electron chi connectivity index (χ2n) is 7.62. The Bertz CT molecular complexity index is 551. The molecule has 0 aromatic carbocycles. The fraction of sp³-hybridized carbons (Fsp3) is 0.762. The van der Waals surface area contributed by atoms with Crippen molar-refractivity contribution >= 4 is 5.96 Å². The van der Waals surface area contributed by atoms with E-state index in [1.165, 1.54) is 12.8 Å². The van der Waals surface area contributed by atoms with Gasteiger partial charge in [0, 0.05) is 39.3 Å². The molecule has 2 atom stereocenters. The van der Waals surface area contributed by atoms with Crippen LogP contribution in [0.5, 0.6) is 0 Å². The van der Waals surface area contributed by atoms with Crippen LogP contribution in [0.2, 0.25) is 0 Å². The summed E-state index contributed by atoms with van der Waals surface area (Å²) in [6.07, 6.45) is 4.10. The molecule has 0 radical (unpaired) electrons. The van der Waals surface area contributed by atoms with Gasteiger partial charge in [0.1, 0.15) is 5.76 Å². The molecule has 0 bridgehead atoms. The van der Waals surface area contributed by atoms with Gasteiger partial charge in [0.25, 0.3) is 0 Å². The molecule has 160 valence electrons. The van der Waals surface area contributed by atoms with Gasteiger partial charge < -0.3 is 19.8 Å². The summed E-state index contributed by atoms with van der Waals surface area (Å²) in [6.45, 7) is 9.88. The Balaban J connectivity index is 1.94. The number of guanidine groups is 1. The molecule has 1 aromatic rings. The number of rotatable bonds is 10. The lowest BCUT2D eigenvalue weighted by Gasteiger charge is -2.39. The lowest BCUT2D eigenvalue weighted by atomic mass is 9.92. The number of nitrogens with zero attached hydrogens (tertiary/aromatic N) is 3. The molecule has 1 aliphatic rings. The molecule has 2 N–H and O–H groups in total. The van der Waals surface area contributed by atoms with Crippen molar-refractivity contribution < 1.29 is 9.15 Å². The number of morpholine rings is 1. The highest BCUT2D eigenvalue weighted by Crippen LogP contribution is 2.20. The first kappa shape index (κ1) is 22.7. The van der Waals surface area contributed by atoms with E-state index < -0.39 is 0 Å². The summed E-state index contributed by atoms with van der Waals surface area (Å²) >= 11 is 0. The molecule has 7 nitrogen and oxygen atoms in total. The van der Waals surface area contributed by atoms with E-state index in [9.17, 15) is 0 Å². The van der Waals surface area contributed by atoms with Crippen LogP contribution in [0.1, 0.15) is 38.5 Å². The van der Waals surface area contributed by atoms with Crippen molar-refractivity contribution in [3.05, 3.63) is 24.2 Å². The number of likely N-dealkylation sites (N-methyl/N-ethyl adjacent to an activating group) is 1. The zero-order chi connectivity index (χ0) is 20.4. The van der Waals surface area contributed by atoms with Gasteiger partial charge in [-0.15, -0.1) is 0 Å². The molecule has 2 rings (SSSR count). The quantitative estimate of drug-likeness (QED) is 0.469. The molecule has 0 saturated carbocycles. The molecule has 7 heteroatoms. The number of hydrogen-bond donors (Lipinski definition) is 2. The predicted molar refractivity (Wildman–Crippen MR) is 115 cm³/mol. The summed E-state index contributed by atoms with van der Waals surface area (Å²) in [5.74, 6) is 2.46. The average Bonchev–Trinajstić information content (AvgIpc) is 3.24. The van der Waals surface area contributed by atoms with E-state index in [1.54, 1.807) is 6.26 Å². The Kier molecular flexibility index (Phi) is 9.81. The van der Waals surface area contributed by atoms with E-state index in [0.717, 1.165) is 51.1 Å². The van der Waals surface area contributed by atoms with Gasteiger partial charge in [0.05, 0.1) is 25.5 Å². The smallest absolute Gasteiger partial charge is 0.191 e. The van der Waals surface area contributed by atoms with Crippen molar-refractivity contribution in [3.8, 4) is 0 Å². The van der Waals surface area contributed by atoms with Crippen LogP contribution in [0.4, 0.5) is 0 Å². The molecule has 2 heterocycles. The maximum Gasteiger partial charge on any atom is 0.191 e. The lowest BCUT2D eigenvalue weighted by molar-refractivity contribution is 0.00271. The van der Waals surface area contributed by atoms with Crippen molar-refractivity contribution in [2.24, 2.45) is 10.9 Å². The zero-order valence-corrected chi connectivity index (χ0v) is 18.3. The van der Waals surface area contributed by atoms with Crippen LogP contribution in [0, 0.1) is 5.92 Å². The number of nitrogens with one attached hydrogen (secondary N) is 2. The average molecular weight is 394 g/mol. The standard InChI is InChI=1S/C21H39N5O2/c1-6-17(7-2)18(26-10-13-27-14-11-26)15-23-21(22-3)24-16-19(25(4)5)20-9-8-12-28-20/h8-9,12,17-19H,6-7,10-11,13-16H2,1-5H3,(H2,22,23,24). The second kappa shape index (κ2) is 12.1. The van der Waals surface area contributed by atoms with Gasteiger partial charge >= 0.3 is 0 Å². The van der Waals surface area contributed by atoms with Gasteiger partial charge in [-0.25, -0.2) is 0 Å². The minimum Gasteiger partial charge on any atom is -0.468 e. The van der Waals surface area contributed by atoms with Crippen LogP contribution in [0.25, 0.3) is 0 Å². The normalized spacial score (nSPS) is 18.5. The molecule has 1 aliphatic heterocycles. The van der Waals surface area contributed by atoms with Crippen molar-refractivity contribution in [3.63, 3.8) is 0 Å². The third-order valence-electron chi connectivity index (χ3n) is 5.77. The lowest BCUT2D eigenvalue weighted by Crippen LogP contribution is -2.53. The topological polar surface area (TPSA) is 65.3 Å². The Morgan fingerprint density at radius 2 is 1.86 bits per heavy atom. The summed E-state index contributed by atoms with van der Waals surface area (Å²) < 4.78 is 11.2. The predicted octanol–water partition coefficient (Wildman–Crippen LogP) is 2.18. The van der Waals surface area contributed by atoms with Gasteiger partial charge in [0.15, 0.2) is 5.96 Å². The third-order valence-corrected chi connectivity index (χ3v) is 5.77. The number of furan rings is 1. The first-order valence-corrected chi connectivity index (χ1v) is 10.6. The van der Waals surface area contributed by atoms with Crippen LogP contribution in [0.15, 0.2) is 27.8 Å². The molecule has 2 unspecified atom stereocenters. The van der Waals surface area contributed by atoms with Gasteiger partial charge in [-0.1, -0.05) is 26.7 Å². The molecule has 0 aliphatic carbocycles. The number of aliphatic imine (C=N–C) groups is 1. The Hall–Kier alpha value is -1.57. The Morgan fingerprint density at radius 1 is 1.18 bits per heavy atom. The van der Waals surface area contributed by atoms with E-state index in [1.807, 2.05) is 19.2 Å². The third kappa shape index (κ3) is 6.50. The number of hydrogen-bond acceptors (Lipinski definition) is 5. The van der Waals surface area contributed by atoms with E-state index >= 15 is 0 Å². The van der Waals surface area contributed by atoms with E-state index in [4.69, 9.17) is 9.15 Å². The summed E-state index contributed by atoms with van der Waals surface area (Å²) in [5, 5.41) is 7.03. The van der Waals surface area contributed by atoms with Crippen molar-refractivity contribution in [2.45, 2.75) is 38.8 Å². The molecule has 1 aromatic heterocycles. The van der Waals surface area contributed by atoms with E-state index in [-0.39, 0.29) is 6.04 Å². The Morgan fingerprint density at radius 3 is 2.39 bits per heavy atom. The largest absolute Gasteiger partial charge is 0.468 e. The maximum absolute atomic E-state index is 5.60. The maximum atomic E-state index is 5.60. The minimum absolute atomic E-state index is 0.155. The zero-order valence-electron chi connectivity index (χ0n) is 18.3.